The second kappa shape index (κ2) is 7.37. The molecule has 1 saturated heterocycles. The number of thioether (sulfide) groups is 1. The largest absolute Gasteiger partial charge is 0.481 e. The highest BCUT2D eigenvalue weighted by Gasteiger charge is 2.32. The van der Waals surface area contributed by atoms with Crippen LogP contribution in [0.3, 0.4) is 0 Å². The topological polar surface area (TPSA) is 57.6 Å². The van der Waals surface area contributed by atoms with E-state index in [4.69, 9.17) is 28.9 Å². The molecule has 0 radical (unpaired) electrons. The normalized spacial score (nSPS) is 16.5. The van der Waals surface area contributed by atoms with Gasteiger partial charge in [0.1, 0.15) is 16.0 Å². The lowest BCUT2D eigenvalue weighted by molar-refractivity contribution is -0.137. The second-order valence-corrected chi connectivity index (χ2v) is 6.64. The molecule has 1 aliphatic heterocycles. The molecule has 2 rings (SSSR count). The number of carboxylic acid groups (broad SMARTS) is 1. The van der Waals surface area contributed by atoms with Gasteiger partial charge in [-0.3, -0.25) is 14.5 Å². The van der Waals surface area contributed by atoms with Gasteiger partial charge in [0.25, 0.3) is 5.91 Å². The summed E-state index contributed by atoms with van der Waals surface area (Å²) in [5.41, 5.74) is -0.224. The molecule has 23 heavy (non-hydrogen) atoms. The fourth-order valence-electron chi connectivity index (χ4n) is 1.89. The van der Waals surface area contributed by atoms with Crippen molar-refractivity contribution in [2.24, 2.45) is 0 Å². The van der Waals surface area contributed by atoms with Crippen molar-refractivity contribution in [3.8, 4) is 0 Å². The minimum atomic E-state index is -0.973. The van der Waals surface area contributed by atoms with Crippen molar-refractivity contribution < 1.29 is 23.5 Å². The summed E-state index contributed by atoms with van der Waals surface area (Å²) in [5, 5.41) is 8.19. The Kier molecular flexibility index (Phi) is 5.72. The first-order chi connectivity index (χ1) is 10.8. The van der Waals surface area contributed by atoms with Gasteiger partial charge in [-0.15, -0.1) is 0 Å². The van der Waals surface area contributed by atoms with Crippen LogP contribution in [-0.4, -0.2) is 32.7 Å². The zero-order chi connectivity index (χ0) is 17.1. The summed E-state index contributed by atoms with van der Waals surface area (Å²) >= 11 is 11.7. The Morgan fingerprint density at radius 2 is 2.04 bits per heavy atom. The van der Waals surface area contributed by atoms with E-state index in [2.05, 4.69) is 0 Å². The van der Waals surface area contributed by atoms with Gasteiger partial charge in [0.15, 0.2) is 0 Å². The maximum atomic E-state index is 13.8. The van der Waals surface area contributed by atoms with Gasteiger partial charge in [-0.2, -0.15) is 0 Å². The van der Waals surface area contributed by atoms with Crippen molar-refractivity contribution in [3.63, 3.8) is 0 Å². The average molecular weight is 378 g/mol. The maximum Gasteiger partial charge on any atom is 0.303 e. The number of aliphatic carboxylic acids is 1. The van der Waals surface area contributed by atoms with Crippen LogP contribution in [0.4, 0.5) is 8.78 Å². The summed E-state index contributed by atoms with van der Waals surface area (Å²) in [6.45, 7) is 0.146. The van der Waals surface area contributed by atoms with Crippen LogP contribution in [0.1, 0.15) is 18.4 Å². The summed E-state index contributed by atoms with van der Waals surface area (Å²) in [5.74, 6) is -3.01. The Labute approximate surface area is 145 Å². The van der Waals surface area contributed by atoms with Gasteiger partial charge in [-0.05, 0) is 24.6 Å². The molecule has 0 spiro atoms. The Hall–Kier alpha value is -1.51. The number of nitrogens with zero attached hydrogens (tertiary/aromatic N) is 1. The predicted octanol–water partition coefficient (Wildman–Crippen LogP) is 3.68. The highest BCUT2D eigenvalue weighted by atomic mass is 35.5. The molecule has 0 unspecified atom stereocenters. The van der Waals surface area contributed by atoms with Crippen LogP contribution in [0.15, 0.2) is 17.0 Å². The molecule has 1 heterocycles. The van der Waals surface area contributed by atoms with Crippen molar-refractivity contribution in [1.29, 1.82) is 0 Å². The van der Waals surface area contributed by atoms with Gasteiger partial charge >= 0.3 is 5.97 Å². The molecule has 0 saturated carbocycles. The van der Waals surface area contributed by atoms with Gasteiger partial charge in [0.2, 0.25) is 0 Å². The fraction of sp³-hybridized carbons (Fsp3) is 0.214. The Balaban J connectivity index is 2.22. The average Bonchev–Trinajstić information content (AvgIpc) is 2.74. The molecule has 1 N–H and O–H groups in total. The molecule has 1 amide bonds. The smallest absolute Gasteiger partial charge is 0.303 e. The molecule has 0 aromatic heterocycles. The summed E-state index contributed by atoms with van der Waals surface area (Å²) in [7, 11) is 0. The van der Waals surface area contributed by atoms with Crippen LogP contribution >= 0.6 is 35.6 Å². The third kappa shape index (κ3) is 4.07. The van der Waals surface area contributed by atoms with E-state index in [1.165, 1.54) is 4.90 Å². The quantitative estimate of drug-likeness (QED) is 0.482. The predicted molar refractivity (Wildman–Crippen MR) is 88.1 cm³/mol. The number of benzene rings is 1. The standard InChI is InChI=1S/C14H10ClF2NO3S2/c15-12-7(8(16)3-4-9(12)17)6-10-13(21)18(14(22)23-10)5-1-2-11(19)20/h3-4,6H,1-2,5H2,(H,19,20)/b10-6-. The minimum absolute atomic E-state index is 0.0968. The molecule has 0 aliphatic carbocycles. The van der Waals surface area contributed by atoms with Gasteiger partial charge in [0, 0.05) is 18.5 Å². The lowest BCUT2D eigenvalue weighted by Gasteiger charge is -2.13. The van der Waals surface area contributed by atoms with Crippen LogP contribution in [0.5, 0.6) is 0 Å². The van der Waals surface area contributed by atoms with Crippen LogP contribution in [0, 0.1) is 11.6 Å². The SMILES string of the molecule is O=C(O)CCCN1C(=O)/C(=C/c2c(F)ccc(F)c2Cl)SC1=S. The lowest BCUT2D eigenvalue weighted by Crippen LogP contribution is -2.29. The van der Waals surface area contributed by atoms with Crippen molar-refractivity contribution in [3.05, 3.63) is 39.3 Å². The molecule has 0 atom stereocenters. The molecule has 122 valence electrons. The van der Waals surface area contributed by atoms with E-state index < -0.39 is 28.5 Å². The number of carboxylic acids is 1. The molecule has 1 aliphatic rings. The summed E-state index contributed by atoms with van der Waals surface area (Å²) in [6, 6.07) is 1.81. The third-order valence-corrected chi connectivity index (χ3v) is 4.76. The number of hydrogen-bond donors (Lipinski definition) is 1. The van der Waals surface area contributed by atoms with Crippen molar-refractivity contribution in [1.82, 2.24) is 4.90 Å². The number of hydrogen-bond acceptors (Lipinski definition) is 4. The zero-order valence-electron chi connectivity index (χ0n) is 11.5. The molecule has 9 heteroatoms. The Morgan fingerprint density at radius 3 is 2.70 bits per heavy atom. The second-order valence-electron chi connectivity index (χ2n) is 4.59. The first-order valence-corrected chi connectivity index (χ1v) is 8.02. The van der Waals surface area contributed by atoms with E-state index in [1.54, 1.807) is 0 Å². The van der Waals surface area contributed by atoms with Crippen LogP contribution in [0.25, 0.3) is 6.08 Å². The highest BCUT2D eigenvalue weighted by Crippen LogP contribution is 2.35. The van der Waals surface area contributed by atoms with Crippen LogP contribution < -0.4 is 0 Å². The van der Waals surface area contributed by atoms with Crippen LogP contribution in [-0.2, 0) is 9.59 Å². The van der Waals surface area contributed by atoms with Crippen LogP contribution in [0.2, 0.25) is 5.02 Å². The summed E-state index contributed by atoms with van der Waals surface area (Å²) in [4.78, 5) is 24.1. The number of amides is 1. The van der Waals surface area contributed by atoms with Gasteiger partial charge in [-0.25, -0.2) is 8.78 Å². The number of rotatable bonds is 5. The van der Waals surface area contributed by atoms with E-state index in [0.717, 1.165) is 30.0 Å². The molecular weight excluding hydrogens is 368 g/mol. The number of carbonyl (C=O) groups is 2. The van der Waals surface area contributed by atoms with Crippen molar-refractivity contribution in [2.45, 2.75) is 12.8 Å². The number of thiocarbonyl (C=S) groups is 1. The fourth-order valence-corrected chi connectivity index (χ4v) is 3.39. The molecule has 1 fully saturated rings. The molecule has 1 aromatic carbocycles. The summed E-state index contributed by atoms with van der Waals surface area (Å²) in [6.07, 6.45) is 1.29. The summed E-state index contributed by atoms with van der Waals surface area (Å²) < 4.78 is 27.4. The lowest BCUT2D eigenvalue weighted by atomic mass is 10.2. The Bertz CT molecular complexity index is 724. The first kappa shape index (κ1) is 17.8. The van der Waals surface area contributed by atoms with E-state index in [9.17, 15) is 18.4 Å². The monoisotopic (exact) mass is 377 g/mol. The third-order valence-electron chi connectivity index (χ3n) is 3.00. The molecule has 0 bridgehead atoms. The molecule has 1 aromatic rings. The molecular formula is C14H10ClF2NO3S2. The van der Waals surface area contributed by atoms with Crippen molar-refractivity contribution >= 4 is 57.9 Å². The van der Waals surface area contributed by atoms with E-state index in [1.807, 2.05) is 0 Å². The maximum absolute atomic E-state index is 13.8. The number of halogens is 3. The van der Waals surface area contributed by atoms with Gasteiger partial charge in [0.05, 0.1) is 9.93 Å². The first-order valence-electron chi connectivity index (χ1n) is 6.42. The zero-order valence-corrected chi connectivity index (χ0v) is 13.9. The molecule has 4 nitrogen and oxygen atoms in total. The van der Waals surface area contributed by atoms with E-state index in [0.29, 0.717) is 0 Å². The highest BCUT2D eigenvalue weighted by molar-refractivity contribution is 8.26. The Morgan fingerprint density at radius 1 is 1.39 bits per heavy atom. The van der Waals surface area contributed by atoms with Crippen molar-refractivity contribution in [2.75, 3.05) is 6.54 Å². The van der Waals surface area contributed by atoms with Gasteiger partial charge in [-0.1, -0.05) is 35.6 Å². The number of carbonyl (C=O) groups excluding carboxylic acids is 1. The van der Waals surface area contributed by atoms with Gasteiger partial charge < -0.3 is 5.11 Å². The van der Waals surface area contributed by atoms with E-state index >= 15 is 0 Å². The van der Waals surface area contributed by atoms with E-state index in [-0.39, 0.29) is 34.2 Å². The minimum Gasteiger partial charge on any atom is -0.481 e.